The van der Waals surface area contributed by atoms with E-state index in [1.54, 1.807) is 6.07 Å². The Morgan fingerprint density at radius 2 is 1.82 bits per heavy atom. The van der Waals surface area contributed by atoms with E-state index in [-0.39, 0.29) is 16.2 Å². The SMILES string of the molecule is O=C(COC(=O)c1cnn2c(-c3ccccc3)ccnc12)Nc1c(Cl)cccc1C(F)(F)F. The zero-order chi connectivity index (χ0) is 23.6. The normalized spacial score (nSPS) is 11.4. The van der Waals surface area contributed by atoms with Crippen molar-refractivity contribution >= 4 is 34.8 Å². The average Bonchev–Trinajstić information content (AvgIpc) is 3.23. The first kappa shape index (κ1) is 22.3. The number of esters is 1. The minimum Gasteiger partial charge on any atom is -0.452 e. The minimum atomic E-state index is -4.73. The van der Waals surface area contributed by atoms with Gasteiger partial charge in [0.2, 0.25) is 0 Å². The lowest BCUT2D eigenvalue weighted by Crippen LogP contribution is -2.23. The lowest BCUT2D eigenvalue weighted by molar-refractivity contribution is -0.137. The fraction of sp³-hybridized carbons (Fsp3) is 0.0909. The van der Waals surface area contributed by atoms with Crippen LogP contribution in [0.15, 0.2) is 67.0 Å². The van der Waals surface area contributed by atoms with Crippen LogP contribution in [0.4, 0.5) is 18.9 Å². The van der Waals surface area contributed by atoms with Gasteiger partial charge in [0.05, 0.1) is 28.2 Å². The first-order valence-corrected chi connectivity index (χ1v) is 9.84. The van der Waals surface area contributed by atoms with Gasteiger partial charge in [-0.25, -0.2) is 14.3 Å². The van der Waals surface area contributed by atoms with E-state index in [0.717, 1.165) is 17.7 Å². The second-order valence-corrected chi connectivity index (χ2v) is 7.18. The minimum absolute atomic E-state index is 0.00527. The van der Waals surface area contributed by atoms with Gasteiger partial charge in [-0.1, -0.05) is 48.0 Å². The van der Waals surface area contributed by atoms with E-state index in [0.29, 0.717) is 5.69 Å². The summed E-state index contributed by atoms with van der Waals surface area (Å²) in [6.07, 6.45) is -1.99. The number of nitrogens with one attached hydrogen (secondary N) is 1. The molecular formula is C22H14ClF3N4O3. The summed E-state index contributed by atoms with van der Waals surface area (Å²) in [6.45, 7) is -0.836. The Bertz CT molecular complexity index is 1340. The predicted octanol–water partition coefficient (Wildman–Crippen LogP) is 4.86. The number of hydrogen-bond donors (Lipinski definition) is 1. The lowest BCUT2D eigenvalue weighted by Gasteiger charge is -2.15. The highest BCUT2D eigenvalue weighted by molar-refractivity contribution is 6.34. The number of carbonyl (C=O) groups excluding carboxylic acids is 2. The number of amides is 1. The molecule has 33 heavy (non-hydrogen) atoms. The molecule has 2 aromatic heterocycles. The van der Waals surface area contributed by atoms with Gasteiger partial charge in [-0.15, -0.1) is 0 Å². The van der Waals surface area contributed by atoms with Crippen LogP contribution >= 0.6 is 11.6 Å². The molecule has 2 aromatic carbocycles. The molecule has 2 heterocycles. The summed E-state index contributed by atoms with van der Waals surface area (Å²) in [7, 11) is 0. The van der Waals surface area contributed by atoms with Crippen LogP contribution in [-0.2, 0) is 15.7 Å². The van der Waals surface area contributed by atoms with E-state index in [9.17, 15) is 22.8 Å². The average molecular weight is 475 g/mol. The number of benzene rings is 2. The van der Waals surface area contributed by atoms with Gasteiger partial charge >= 0.3 is 12.1 Å². The number of aromatic nitrogens is 3. The molecule has 168 valence electrons. The molecule has 0 spiro atoms. The summed E-state index contributed by atoms with van der Waals surface area (Å²) in [5.41, 5.74) is -0.0161. The molecule has 7 nitrogen and oxygen atoms in total. The molecule has 0 atom stereocenters. The summed E-state index contributed by atoms with van der Waals surface area (Å²) in [5.74, 6) is -1.90. The molecule has 4 rings (SSSR count). The standard InChI is InChI=1S/C22H14ClF3N4O3/c23-16-8-4-7-15(22(24,25)26)19(16)29-18(31)12-33-21(32)14-11-28-30-17(9-10-27-20(14)30)13-5-2-1-3-6-13/h1-11H,12H2,(H,29,31). The molecule has 0 saturated carbocycles. The molecule has 0 aliphatic carbocycles. The molecule has 0 radical (unpaired) electrons. The van der Waals surface area contributed by atoms with Gasteiger partial charge < -0.3 is 10.1 Å². The number of halogens is 4. The number of alkyl halides is 3. The molecule has 0 aliphatic heterocycles. The molecule has 0 aliphatic rings. The summed E-state index contributed by atoms with van der Waals surface area (Å²) in [6, 6.07) is 14.1. The quantitative estimate of drug-likeness (QED) is 0.417. The van der Waals surface area contributed by atoms with E-state index in [4.69, 9.17) is 16.3 Å². The molecule has 0 saturated heterocycles. The molecule has 0 unspecified atom stereocenters. The van der Waals surface area contributed by atoms with Crippen molar-refractivity contribution < 1.29 is 27.5 Å². The van der Waals surface area contributed by atoms with Gasteiger partial charge in [-0.2, -0.15) is 18.3 Å². The van der Waals surface area contributed by atoms with Crippen molar-refractivity contribution in [2.75, 3.05) is 11.9 Å². The van der Waals surface area contributed by atoms with Gasteiger partial charge in [0, 0.05) is 11.8 Å². The number of ether oxygens (including phenoxy) is 1. The third-order valence-electron chi connectivity index (χ3n) is 4.61. The van der Waals surface area contributed by atoms with E-state index in [2.05, 4.69) is 10.1 Å². The molecule has 11 heteroatoms. The van der Waals surface area contributed by atoms with Crippen LogP contribution < -0.4 is 5.32 Å². The Hall–Kier alpha value is -3.92. The number of fused-ring (bicyclic) bond motifs is 1. The summed E-state index contributed by atoms with van der Waals surface area (Å²) >= 11 is 5.81. The highest BCUT2D eigenvalue weighted by atomic mass is 35.5. The van der Waals surface area contributed by atoms with E-state index >= 15 is 0 Å². The third kappa shape index (κ3) is 4.65. The van der Waals surface area contributed by atoms with Crippen molar-refractivity contribution in [2.45, 2.75) is 6.18 Å². The van der Waals surface area contributed by atoms with Crippen LogP contribution in [0.2, 0.25) is 5.02 Å². The van der Waals surface area contributed by atoms with Gasteiger partial charge in [0.15, 0.2) is 12.3 Å². The zero-order valence-electron chi connectivity index (χ0n) is 16.6. The number of rotatable bonds is 5. The van der Waals surface area contributed by atoms with Crippen molar-refractivity contribution in [1.82, 2.24) is 14.6 Å². The summed E-state index contributed by atoms with van der Waals surface area (Å²) in [4.78, 5) is 28.8. The Balaban J connectivity index is 1.50. The smallest absolute Gasteiger partial charge is 0.418 e. The lowest BCUT2D eigenvalue weighted by atomic mass is 10.1. The van der Waals surface area contributed by atoms with Crippen molar-refractivity contribution in [3.8, 4) is 11.3 Å². The number of nitrogens with zero attached hydrogens (tertiary/aromatic N) is 3. The van der Waals surface area contributed by atoms with Crippen LogP contribution in [-0.4, -0.2) is 33.1 Å². The number of anilines is 1. The van der Waals surface area contributed by atoms with Gasteiger partial charge in [-0.3, -0.25) is 4.79 Å². The van der Waals surface area contributed by atoms with Crippen LogP contribution in [0, 0.1) is 0 Å². The topological polar surface area (TPSA) is 85.6 Å². The molecule has 1 N–H and O–H groups in total. The molecular weight excluding hydrogens is 461 g/mol. The Kier molecular flexibility index (Phi) is 6.01. The highest BCUT2D eigenvalue weighted by Crippen LogP contribution is 2.38. The Labute approximate surface area is 189 Å². The largest absolute Gasteiger partial charge is 0.452 e. The molecule has 0 bridgehead atoms. The van der Waals surface area contributed by atoms with E-state index in [1.807, 2.05) is 35.6 Å². The van der Waals surface area contributed by atoms with Crippen molar-refractivity contribution in [2.24, 2.45) is 0 Å². The molecule has 1 amide bonds. The van der Waals surface area contributed by atoms with Crippen molar-refractivity contribution in [3.05, 3.63) is 83.1 Å². The van der Waals surface area contributed by atoms with Crippen molar-refractivity contribution in [3.63, 3.8) is 0 Å². The number of carbonyl (C=O) groups is 2. The molecule has 0 fully saturated rings. The monoisotopic (exact) mass is 474 g/mol. The molecule has 4 aromatic rings. The number of para-hydroxylation sites is 1. The van der Waals surface area contributed by atoms with Gasteiger partial charge in [0.25, 0.3) is 5.91 Å². The highest BCUT2D eigenvalue weighted by Gasteiger charge is 2.35. The van der Waals surface area contributed by atoms with Crippen LogP contribution in [0.3, 0.4) is 0 Å². The second-order valence-electron chi connectivity index (χ2n) is 6.77. The summed E-state index contributed by atoms with van der Waals surface area (Å²) in [5, 5.41) is 5.92. The van der Waals surface area contributed by atoms with Gasteiger partial charge in [-0.05, 0) is 18.2 Å². The fourth-order valence-electron chi connectivity index (χ4n) is 3.13. The second kappa shape index (κ2) is 8.91. The predicted molar refractivity (Wildman–Crippen MR) is 114 cm³/mol. The summed E-state index contributed by atoms with van der Waals surface area (Å²) < 4.78 is 45.9. The first-order valence-electron chi connectivity index (χ1n) is 9.46. The van der Waals surface area contributed by atoms with Crippen molar-refractivity contribution in [1.29, 1.82) is 0 Å². The van der Waals surface area contributed by atoms with Crippen LogP contribution in [0.1, 0.15) is 15.9 Å². The van der Waals surface area contributed by atoms with Gasteiger partial charge in [0.1, 0.15) is 5.56 Å². The number of hydrogen-bond acceptors (Lipinski definition) is 5. The first-order chi connectivity index (χ1) is 15.8. The van der Waals surface area contributed by atoms with Crippen LogP contribution in [0.25, 0.3) is 16.9 Å². The third-order valence-corrected chi connectivity index (χ3v) is 4.92. The van der Waals surface area contributed by atoms with E-state index in [1.165, 1.54) is 23.0 Å². The van der Waals surface area contributed by atoms with Crippen LogP contribution in [0.5, 0.6) is 0 Å². The maximum atomic E-state index is 13.2. The maximum absolute atomic E-state index is 13.2. The maximum Gasteiger partial charge on any atom is 0.418 e. The van der Waals surface area contributed by atoms with E-state index < -0.39 is 35.9 Å². The fourth-order valence-corrected chi connectivity index (χ4v) is 3.36. The Morgan fingerprint density at radius 3 is 2.55 bits per heavy atom. The Morgan fingerprint density at radius 1 is 1.06 bits per heavy atom. The zero-order valence-corrected chi connectivity index (χ0v) is 17.4.